The molecule has 8 heteroatoms. The Morgan fingerprint density at radius 3 is 2.67 bits per heavy atom. The number of thiophene rings is 1. The summed E-state index contributed by atoms with van der Waals surface area (Å²) in [5.41, 5.74) is 1.82. The average molecular weight is 401 g/mol. The molecule has 0 aliphatic heterocycles. The Hall–Kier alpha value is -2.69. The quantitative estimate of drug-likeness (QED) is 0.393. The zero-order valence-electron chi connectivity index (χ0n) is 14.6. The molecule has 0 fully saturated rings. The topological polar surface area (TPSA) is 97.8 Å². The Labute approximate surface area is 165 Å². The molecule has 2 N–H and O–H groups in total. The number of halogens is 1. The molecule has 0 unspecified atom stereocenters. The average Bonchev–Trinajstić information content (AvgIpc) is 3.00. The van der Waals surface area contributed by atoms with Gasteiger partial charge in [0.25, 0.3) is 5.91 Å². The lowest BCUT2D eigenvalue weighted by molar-refractivity contribution is -0.113. The molecule has 1 heterocycles. The van der Waals surface area contributed by atoms with Gasteiger partial charge >= 0.3 is 0 Å². The Morgan fingerprint density at radius 1 is 1.30 bits per heavy atom. The SMILES string of the molecule is C/C(O)=C(\N=Nc1ccc(Cl)cc1)C(=O)Nc1sc2c(c1C#N)CCCC2. The van der Waals surface area contributed by atoms with Gasteiger partial charge < -0.3 is 10.4 Å². The fourth-order valence-corrected chi connectivity index (χ4v) is 4.19. The summed E-state index contributed by atoms with van der Waals surface area (Å²) >= 11 is 7.24. The summed E-state index contributed by atoms with van der Waals surface area (Å²) in [6.45, 7) is 1.36. The van der Waals surface area contributed by atoms with Gasteiger partial charge in [0.1, 0.15) is 16.8 Å². The molecule has 1 aromatic heterocycles. The number of hydrogen-bond acceptors (Lipinski definition) is 6. The second kappa shape index (κ2) is 8.33. The van der Waals surface area contributed by atoms with Crippen LogP contribution in [0.2, 0.25) is 5.02 Å². The Bertz CT molecular complexity index is 967. The fourth-order valence-electron chi connectivity index (χ4n) is 2.83. The smallest absolute Gasteiger partial charge is 0.280 e. The van der Waals surface area contributed by atoms with Crippen molar-refractivity contribution in [1.29, 1.82) is 5.26 Å². The van der Waals surface area contributed by atoms with Crippen molar-refractivity contribution in [1.82, 2.24) is 0 Å². The molecule has 2 aromatic rings. The molecular formula is C19H17ClN4O2S. The van der Waals surface area contributed by atoms with Crippen molar-refractivity contribution < 1.29 is 9.90 Å². The monoisotopic (exact) mass is 400 g/mol. The molecule has 0 bridgehead atoms. The molecule has 0 radical (unpaired) electrons. The van der Waals surface area contributed by atoms with Gasteiger partial charge in [0.15, 0.2) is 5.70 Å². The highest BCUT2D eigenvalue weighted by Crippen LogP contribution is 2.37. The molecule has 0 saturated heterocycles. The van der Waals surface area contributed by atoms with E-state index in [0.717, 1.165) is 36.1 Å². The summed E-state index contributed by atoms with van der Waals surface area (Å²) in [4.78, 5) is 13.7. The molecule has 27 heavy (non-hydrogen) atoms. The Balaban J connectivity index is 1.83. The maximum Gasteiger partial charge on any atom is 0.280 e. The number of anilines is 1. The van der Waals surface area contributed by atoms with Crippen molar-refractivity contribution in [3.05, 3.63) is 56.7 Å². The Kier molecular flexibility index (Phi) is 5.89. The highest BCUT2D eigenvalue weighted by atomic mass is 35.5. The van der Waals surface area contributed by atoms with E-state index in [1.54, 1.807) is 24.3 Å². The lowest BCUT2D eigenvalue weighted by Crippen LogP contribution is -2.14. The van der Waals surface area contributed by atoms with E-state index in [9.17, 15) is 15.2 Å². The molecule has 1 aliphatic carbocycles. The van der Waals surface area contributed by atoms with E-state index in [-0.39, 0.29) is 11.5 Å². The highest BCUT2D eigenvalue weighted by Gasteiger charge is 2.23. The molecule has 3 rings (SSSR count). The lowest BCUT2D eigenvalue weighted by atomic mass is 9.96. The molecule has 0 spiro atoms. The number of aliphatic hydroxyl groups excluding tert-OH is 1. The van der Waals surface area contributed by atoms with Crippen molar-refractivity contribution >= 4 is 39.5 Å². The van der Waals surface area contributed by atoms with Crippen LogP contribution < -0.4 is 5.32 Å². The summed E-state index contributed by atoms with van der Waals surface area (Å²) in [5, 5.41) is 31.0. The third-order valence-corrected chi connectivity index (χ3v) is 5.62. The first-order chi connectivity index (χ1) is 13.0. The van der Waals surface area contributed by atoms with E-state index in [1.807, 2.05) is 0 Å². The van der Waals surface area contributed by atoms with Gasteiger partial charge in [0.05, 0.1) is 11.3 Å². The predicted molar refractivity (Wildman–Crippen MR) is 106 cm³/mol. The van der Waals surface area contributed by atoms with E-state index >= 15 is 0 Å². The van der Waals surface area contributed by atoms with Gasteiger partial charge in [-0.05, 0) is 62.4 Å². The molecule has 0 saturated carbocycles. The summed E-state index contributed by atoms with van der Waals surface area (Å²) in [6, 6.07) is 8.79. The number of benzene rings is 1. The second-order valence-corrected chi connectivity index (χ2v) is 7.63. The van der Waals surface area contributed by atoms with Gasteiger partial charge in [0.2, 0.25) is 0 Å². The number of nitrogens with one attached hydrogen (secondary N) is 1. The minimum Gasteiger partial charge on any atom is -0.510 e. The van der Waals surface area contributed by atoms with E-state index in [0.29, 0.717) is 21.3 Å². The van der Waals surface area contributed by atoms with E-state index < -0.39 is 5.91 Å². The van der Waals surface area contributed by atoms with Crippen molar-refractivity contribution in [3.8, 4) is 6.07 Å². The summed E-state index contributed by atoms with van der Waals surface area (Å²) in [6.07, 6.45) is 3.90. The maximum absolute atomic E-state index is 12.6. The molecule has 1 aliphatic rings. The second-order valence-electron chi connectivity index (χ2n) is 6.09. The number of carbonyl (C=O) groups is 1. The van der Waals surface area contributed by atoms with E-state index in [4.69, 9.17) is 11.6 Å². The van der Waals surface area contributed by atoms with Crippen LogP contribution in [0.4, 0.5) is 10.7 Å². The summed E-state index contributed by atoms with van der Waals surface area (Å²) < 4.78 is 0. The van der Waals surface area contributed by atoms with Crippen LogP contribution in [-0.2, 0) is 17.6 Å². The van der Waals surface area contributed by atoms with Gasteiger partial charge in [-0.1, -0.05) is 11.6 Å². The van der Waals surface area contributed by atoms with Gasteiger partial charge in [-0.3, -0.25) is 4.79 Å². The van der Waals surface area contributed by atoms with Crippen LogP contribution in [0.25, 0.3) is 0 Å². The first-order valence-corrected chi connectivity index (χ1v) is 9.62. The third-order valence-electron chi connectivity index (χ3n) is 4.16. The van der Waals surface area contributed by atoms with Crippen molar-refractivity contribution in [2.45, 2.75) is 32.6 Å². The number of azo groups is 1. The number of aliphatic hydroxyl groups is 1. The number of aryl methyl sites for hydroxylation is 1. The number of nitriles is 1. The predicted octanol–water partition coefficient (Wildman–Crippen LogP) is 5.66. The third kappa shape index (κ3) is 4.35. The number of allylic oxidation sites excluding steroid dienone is 1. The van der Waals surface area contributed by atoms with Crippen molar-refractivity contribution in [3.63, 3.8) is 0 Å². The fraction of sp³-hybridized carbons (Fsp3) is 0.263. The molecule has 1 amide bonds. The lowest BCUT2D eigenvalue weighted by Gasteiger charge is -2.09. The molecule has 138 valence electrons. The van der Waals surface area contributed by atoms with Crippen LogP contribution in [0.5, 0.6) is 0 Å². The van der Waals surface area contributed by atoms with Gasteiger partial charge in [0, 0.05) is 9.90 Å². The summed E-state index contributed by atoms with van der Waals surface area (Å²) in [7, 11) is 0. The summed E-state index contributed by atoms with van der Waals surface area (Å²) in [5.74, 6) is -0.868. The van der Waals surface area contributed by atoms with E-state index in [2.05, 4.69) is 21.6 Å². The minimum atomic E-state index is -0.609. The first kappa shape index (κ1) is 19.1. The van der Waals surface area contributed by atoms with Crippen LogP contribution in [-0.4, -0.2) is 11.0 Å². The number of nitrogens with zero attached hydrogens (tertiary/aromatic N) is 3. The number of amides is 1. The zero-order chi connectivity index (χ0) is 19.4. The van der Waals surface area contributed by atoms with E-state index in [1.165, 1.54) is 18.3 Å². The van der Waals surface area contributed by atoms with Crippen LogP contribution >= 0.6 is 22.9 Å². The van der Waals surface area contributed by atoms with Crippen molar-refractivity contribution in [2.75, 3.05) is 5.32 Å². The van der Waals surface area contributed by atoms with Crippen LogP contribution in [0, 0.1) is 11.3 Å². The molecule has 0 atom stereocenters. The van der Waals surface area contributed by atoms with Crippen LogP contribution in [0.1, 0.15) is 35.8 Å². The number of hydrogen-bond donors (Lipinski definition) is 2. The van der Waals surface area contributed by atoms with Crippen LogP contribution in [0.15, 0.2) is 46.0 Å². The molecular weight excluding hydrogens is 384 g/mol. The normalized spacial score (nSPS) is 14.4. The number of fused-ring (bicyclic) bond motifs is 1. The first-order valence-electron chi connectivity index (χ1n) is 8.42. The van der Waals surface area contributed by atoms with Gasteiger partial charge in [-0.25, -0.2) is 0 Å². The van der Waals surface area contributed by atoms with Gasteiger partial charge in [-0.2, -0.15) is 10.4 Å². The minimum absolute atomic E-state index is 0.208. The number of rotatable bonds is 4. The Morgan fingerprint density at radius 2 is 2.00 bits per heavy atom. The molecule has 6 nitrogen and oxygen atoms in total. The maximum atomic E-state index is 12.6. The number of carbonyl (C=O) groups excluding carboxylic acids is 1. The van der Waals surface area contributed by atoms with Crippen molar-refractivity contribution in [2.24, 2.45) is 10.2 Å². The zero-order valence-corrected chi connectivity index (χ0v) is 16.2. The van der Waals surface area contributed by atoms with Gasteiger partial charge in [-0.15, -0.1) is 16.5 Å². The standard InChI is InChI=1S/C19H17ClN4O2S/c1-11(25)17(24-23-13-8-6-12(20)7-9-13)18(26)22-19-15(10-21)14-4-2-3-5-16(14)27-19/h6-9,25H,2-5H2,1H3,(H,22,26)/b17-11+,24-23?. The van der Waals surface area contributed by atoms with Crippen LogP contribution in [0.3, 0.4) is 0 Å². The highest BCUT2D eigenvalue weighted by molar-refractivity contribution is 7.16. The molecule has 1 aromatic carbocycles. The largest absolute Gasteiger partial charge is 0.510 e.